The van der Waals surface area contributed by atoms with Gasteiger partial charge in [-0.15, -0.1) is 0 Å². The third kappa shape index (κ3) is 4.31. The number of aryl methyl sites for hydroxylation is 3. The zero-order chi connectivity index (χ0) is 17.9. The Labute approximate surface area is 140 Å². The molecule has 0 saturated heterocycles. The summed E-state index contributed by atoms with van der Waals surface area (Å²) in [6.07, 6.45) is 0. The van der Waals surface area contributed by atoms with Gasteiger partial charge in [-0.25, -0.2) is 8.78 Å². The van der Waals surface area contributed by atoms with E-state index in [9.17, 15) is 13.6 Å². The summed E-state index contributed by atoms with van der Waals surface area (Å²) >= 11 is 0. The predicted molar refractivity (Wildman–Crippen MR) is 89.1 cm³/mol. The summed E-state index contributed by atoms with van der Waals surface area (Å²) in [5.41, 5.74) is 3.56. The summed E-state index contributed by atoms with van der Waals surface area (Å²) in [4.78, 5) is 12.0. The normalized spacial score (nSPS) is 11.9. The minimum atomic E-state index is -0.934. The van der Waals surface area contributed by atoms with E-state index in [1.54, 1.807) is 6.92 Å². The highest BCUT2D eigenvalue weighted by atomic mass is 19.2. The van der Waals surface area contributed by atoms with E-state index in [4.69, 9.17) is 4.74 Å². The Morgan fingerprint density at radius 2 is 1.71 bits per heavy atom. The quantitative estimate of drug-likeness (QED) is 0.893. The molecule has 128 valence electrons. The Morgan fingerprint density at radius 3 is 2.29 bits per heavy atom. The molecule has 0 saturated carbocycles. The maximum Gasteiger partial charge on any atom is 0.258 e. The van der Waals surface area contributed by atoms with E-state index in [0.717, 1.165) is 28.8 Å². The van der Waals surface area contributed by atoms with Crippen molar-refractivity contribution in [2.24, 2.45) is 0 Å². The van der Waals surface area contributed by atoms with Gasteiger partial charge in [0.25, 0.3) is 5.91 Å². The summed E-state index contributed by atoms with van der Waals surface area (Å²) in [6.45, 7) is 7.42. The van der Waals surface area contributed by atoms with Crippen molar-refractivity contribution in [3.05, 3.63) is 64.2 Å². The monoisotopic (exact) mass is 333 g/mol. The number of hydrogen-bond acceptors (Lipinski definition) is 2. The van der Waals surface area contributed by atoms with Crippen LogP contribution < -0.4 is 10.1 Å². The Kier molecular flexibility index (Phi) is 5.54. The second-order valence-corrected chi connectivity index (χ2v) is 5.98. The highest BCUT2D eigenvalue weighted by Crippen LogP contribution is 2.24. The first-order valence-corrected chi connectivity index (χ1v) is 7.73. The molecule has 1 N–H and O–H groups in total. The summed E-state index contributed by atoms with van der Waals surface area (Å²) in [6, 6.07) is 7.10. The molecule has 1 amide bonds. The van der Waals surface area contributed by atoms with Crippen molar-refractivity contribution in [2.45, 2.75) is 33.7 Å². The van der Waals surface area contributed by atoms with Gasteiger partial charge in [0.15, 0.2) is 18.2 Å². The van der Waals surface area contributed by atoms with Gasteiger partial charge >= 0.3 is 0 Å². The molecule has 2 aromatic carbocycles. The number of ether oxygens (including phenoxy) is 1. The highest BCUT2D eigenvalue weighted by Gasteiger charge is 2.13. The molecule has 0 aliphatic carbocycles. The second-order valence-electron chi connectivity index (χ2n) is 5.98. The van der Waals surface area contributed by atoms with E-state index >= 15 is 0 Å². The van der Waals surface area contributed by atoms with Gasteiger partial charge in [-0.1, -0.05) is 23.8 Å². The standard InChI is InChI=1S/C19H21F2NO2/c1-11-7-12(2)19(13(3)8-11)24-10-18(23)22-14(4)15-5-6-16(20)17(21)9-15/h5-9,14H,10H2,1-4H3,(H,22,23). The second kappa shape index (κ2) is 7.43. The van der Waals surface area contributed by atoms with Gasteiger partial charge in [-0.3, -0.25) is 4.79 Å². The van der Waals surface area contributed by atoms with E-state index in [1.807, 2.05) is 32.9 Å². The predicted octanol–water partition coefficient (Wildman–Crippen LogP) is 4.15. The molecule has 2 rings (SSSR count). The fraction of sp³-hybridized carbons (Fsp3) is 0.316. The molecule has 1 atom stereocenters. The largest absolute Gasteiger partial charge is 0.483 e. The topological polar surface area (TPSA) is 38.3 Å². The molecular formula is C19H21F2NO2. The van der Waals surface area contributed by atoms with Crippen LogP contribution in [0.25, 0.3) is 0 Å². The first kappa shape index (κ1) is 17.9. The van der Waals surface area contributed by atoms with Crippen LogP contribution in [0.4, 0.5) is 8.78 Å². The number of carbonyl (C=O) groups excluding carboxylic acids is 1. The Morgan fingerprint density at radius 1 is 1.08 bits per heavy atom. The summed E-state index contributed by atoms with van der Waals surface area (Å²) < 4.78 is 31.8. The van der Waals surface area contributed by atoms with Crippen molar-refractivity contribution in [1.82, 2.24) is 5.32 Å². The van der Waals surface area contributed by atoms with Crippen LogP contribution in [0, 0.1) is 32.4 Å². The van der Waals surface area contributed by atoms with Gasteiger partial charge in [0.1, 0.15) is 5.75 Å². The van der Waals surface area contributed by atoms with Crippen LogP contribution in [0.5, 0.6) is 5.75 Å². The lowest BCUT2D eigenvalue weighted by molar-refractivity contribution is -0.123. The molecule has 0 aliphatic rings. The minimum Gasteiger partial charge on any atom is -0.483 e. The fourth-order valence-corrected chi connectivity index (χ4v) is 2.68. The molecule has 0 aromatic heterocycles. The molecule has 0 radical (unpaired) electrons. The number of amides is 1. The molecule has 0 fully saturated rings. The van der Waals surface area contributed by atoms with Gasteiger partial charge in [0, 0.05) is 0 Å². The number of carbonyl (C=O) groups is 1. The van der Waals surface area contributed by atoms with Gasteiger partial charge in [-0.05, 0) is 56.5 Å². The van der Waals surface area contributed by atoms with E-state index in [2.05, 4.69) is 5.32 Å². The van der Waals surface area contributed by atoms with Crippen LogP contribution >= 0.6 is 0 Å². The first-order valence-electron chi connectivity index (χ1n) is 7.73. The lowest BCUT2D eigenvalue weighted by Gasteiger charge is -2.16. The molecule has 2 aromatic rings. The minimum absolute atomic E-state index is 0.140. The summed E-state index contributed by atoms with van der Waals surface area (Å²) in [5.74, 6) is -1.48. The number of nitrogens with one attached hydrogen (secondary N) is 1. The Hall–Kier alpha value is -2.43. The molecule has 0 spiro atoms. The Bertz CT molecular complexity index is 736. The van der Waals surface area contributed by atoms with Crippen LogP contribution in [0.2, 0.25) is 0 Å². The molecule has 0 aliphatic heterocycles. The zero-order valence-corrected chi connectivity index (χ0v) is 14.2. The number of benzene rings is 2. The van der Waals surface area contributed by atoms with Crippen LogP contribution in [-0.2, 0) is 4.79 Å². The van der Waals surface area contributed by atoms with Crippen molar-refractivity contribution in [1.29, 1.82) is 0 Å². The zero-order valence-electron chi connectivity index (χ0n) is 14.2. The van der Waals surface area contributed by atoms with Crippen molar-refractivity contribution in [3.63, 3.8) is 0 Å². The molecule has 1 unspecified atom stereocenters. The van der Waals surface area contributed by atoms with Gasteiger partial charge < -0.3 is 10.1 Å². The van der Waals surface area contributed by atoms with Gasteiger partial charge in [0.2, 0.25) is 0 Å². The third-order valence-electron chi connectivity index (χ3n) is 3.77. The molecule has 3 nitrogen and oxygen atoms in total. The number of halogens is 2. The van der Waals surface area contributed by atoms with Crippen LogP contribution in [0.15, 0.2) is 30.3 Å². The van der Waals surface area contributed by atoms with Crippen molar-refractivity contribution >= 4 is 5.91 Å². The number of rotatable bonds is 5. The molecule has 5 heteroatoms. The van der Waals surface area contributed by atoms with Gasteiger partial charge in [0.05, 0.1) is 6.04 Å². The fourth-order valence-electron chi connectivity index (χ4n) is 2.68. The average molecular weight is 333 g/mol. The Balaban J connectivity index is 1.97. The summed E-state index contributed by atoms with van der Waals surface area (Å²) in [7, 11) is 0. The van der Waals surface area contributed by atoms with Crippen molar-refractivity contribution in [2.75, 3.05) is 6.61 Å². The number of hydrogen-bond donors (Lipinski definition) is 1. The maximum atomic E-state index is 13.3. The van der Waals surface area contributed by atoms with E-state index in [1.165, 1.54) is 6.07 Å². The molecule has 24 heavy (non-hydrogen) atoms. The maximum absolute atomic E-state index is 13.3. The average Bonchev–Trinajstić information content (AvgIpc) is 2.48. The first-order chi connectivity index (χ1) is 11.3. The SMILES string of the molecule is Cc1cc(C)c(OCC(=O)NC(C)c2ccc(F)c(F)c2)c(C)c1. The van der Waals surface area contributed by atoms with Gasteiger partial charge in [-0.2, -0.15) is 0 Å². The smallest absolute Gasteiger partial charge is 0.258 e. The van der Waals surface area contributed by atoms with E-state index in [-0.39, 0.29) is 12.5 Å². The molecular weight excluding hydrogens is 312 g/mol. The van der Waals surface area contributed by atoms with E-state index < -0.39 is 17.7 Å². The van der Waals surface area contributed by atoms with E-state index in [0.29, 0.717) is 11.3 Å². The van der Waals surface area contributed by atoms with Crippen LogP contribution in [0.1, 0.15) is 35.2 Å². The molecule has 0 bridgehead atoms. The van der Waals surface area contributed by atoms with Crippen molar-refractivity contribution in [3.8, 4) is 5.75 Å². The van der Waals surface area contributed by atoms with Crippen molar-refractivity contribution < 1.29 is 18.3 Å². The lowest BCUT2D eigenvalue weighted by Crippen LogP contribution is -2.31. The third-order valence-corrected chi connectivity index (χ3v) is 3.77. The summed E-state index contributed by atoms with van der Waals surface area (Å²) in [5, 5.41) is 2.71. The van der Waals surface area contributed by atoms with Crippen LogP contribution in [0.3, 0.4) is 0 Å². The highest BCUT2D eigenvalue weighted by molar-refractivity contribution is 5.78. The molecule has 0 heterocycles. The lowest BCUT2D eigenvalue weighted by atomic mass is 10.1. The van der Waals surface area contributed by atoms with Crippen LogP contribution in [-0.4, -0.2) is 12.5 Å².